The highest BCUT2D eigenvalue weighted by atomic mass is 16.7. The molecule has 1 fully saturated rings. The van der Waals surface area contributed by atoms with Crippen molar-refractivity contribution in [2.45, 2.75) is 38.4 Å². The molecule has 1 aliphatic heterocycles. The fraction of sp³-hybridized carbons (Fsp3) is 0.529. The molecule has 0 saturated carbocycles. The van der Waals surface area contributed by atoms with Crippen molar-refractivity contribution in [3.63, 3.8) is 0 Å². The van der Waals surface area contributed by atoms with Gasteiger partial charge in [0.1, 0.15) is 5.78 Å². The van der Waals surface area contributed by atoms with Crippen LogP contribution in [0, 0.1) is 17.2 Å². The van der Waals surface area contributed by atoms with Crippen LogP contribution in [0.3, 0.4) is 0 Å². The first-order valence-corrected chi connectivity index (χ1v) is 7.41. The lowest BCUT2D eigenvalue weighted by Crippen LogP contribution is -2.28. The Morgan fingerprint density at radius 2 is 1.95 bits per heavy atom. The van der Waals surface area contributed by atoms with Gasteiger partial charge in [-0.15, -0.1) is 0 Å². The SMILES string of the molecule is CC(C#N)CCC(=O)CCC1(c2ccccc2)OCCO1. The zero-order chi connectivity index (χ0) is 15.1. The molecule has 1 atom stereocenters. The minimum Gasteiger partial charge on any atom is -0.343 e. The van der Waals surface area contributed by atoms with E-state index in [1.807, 2.05) is 37.3 Å². The molecule has 2 rings (SSSR count). The Labute approximate surface area is 125 Å². The van der Waals surface area contributed by atoms with Crippen LogP contribution in [0.5, 0.6) is 0 Å². The maximum absolute atomic E-state index is 12.0. The topological polar surface area (TPSA) is 59.3 Å². The number of carbonyl (C=O) groups excluding carboxylic acids is 1. The molecule has 1 aromatic carbocycles. The van der Waals surface area contributed by atoms with Crippen molar-refractivity contribution in [2.24, 2.45) is 5.92 Å². The molecule has 112 valence electrons. The highest BCUT2D eigenvalue weighted by Gasteiger charge is 2.38. The summed E-state index contributed by atoms with van der Waals surface area (Å²) in [6.07, 6.45) is 2.00. The fourth-order valence-electron chi connectivity index (χ4n) is 2.47. The smallest absolute Gasteiger partial charge is 0.195 e. The number of Topliss-reactive ketones (excluding diaryl/α,β-unsaturated/α-hetero) is 1. The zero-order valence-electron chi connectivity index (χ0n) is 12.4. The predicted octanol–water partition coefficient (Wildman–Crippen LogP) is 3.18. The first kappa shape index (κ1) is 15.7. The highest BCUT2D eigenvalue weighted by Crippen LogP contribution is 2.36. The molecule has 4 nitrogen and oxygen atoms in total. The molecule has 1 heterocycles. The fourth-order valence-corrected chi connectivity index (χ4v) is 2.47. The van der Waals surface area contributed by atoms with Crippen molar-refractivity contribution in [3.8, 4) is 6.07 Å². The summed E-state index contributed by atoms with van der Waals surface area (Å²) in [6.45, 7) is 2.94. The zero-order valence-corrected chi connectivity index (χ0v) is 12.4. The van der Waals surface area contributed by atoms with E-state index in [-0.39, 0.29) is 11.7 Å². The first-order valence-electron chi connectivity index (χ1n) is 7.41. The quantitative estimate of drug-likeness (QED) is 0.773. The van der Waals surface area contributed by atoms with E-state index < -0.39 is 5.79 Å². The number of nitrogens with zero attached hydrogens (tertiary/aromatic N) is 1. The molecule has 0 N–H and O–H groups in total. The molecule has 21 heavy (non-hydrogen) atoms. The average Bonchev–Trinajstić information content (AvgIpc) is 3.01. The monoisotopic (exact) mass is 287 g/mol. The van der Waals surface area contributed by atoms with Gasteiger partial charge in [-0.2, -0.15) is 5.26 Å². The van der Waals surface area contributed by atoms with Crippen LogP contribution in [0.15, 0.2) is 30.3 Å². The first-order chi connectivity index (χ1) is 10.2. The van der Waals surface area contributed by atoms with Crippen LogP contribution in [-0.2, 0) is 20.1 Å². The Morgan fingerprint density at radius 3 is 2.57 bits per heavy atom. The van der Waals surface area contributed by atoms with Gasteiger partial charge in [-0.25, -0.2) is 0 Å². The van der Waals surface area contributed by atoms with E-state index in [0.717, 1.165) is 5.56 Å². The van der Waals surface area contributed by atoms with Gasteiger partial charge in [0.05, 0.1) is 19.3 Å². The van der Waals surface area contributed by atoms with E-state index in [9.17, 15) is 4.79 Å². The van der Waals surface area contributed by atoms with Crippen LogP contribution in [0.4, 0.5) is 0 Å². The third kappa shape index (κ3) is 4.13. The number of nitriles is 1. The van der Waals surface area contributed by atoms with Gasteiger partial charge in [0, 0.05) is 30.7 Å². The van der Waals surface area contributed by atoms with Gasteiger partial charge >= 0.3 is 0 Å². The van der Waals surface area contributed by atoms with E-state index in [1.54, 1.807) is 0 Å². The Balaban J connectivity index is 1.93. The Morgan fingerprint density at radius 1 is 1.29 bits per heavy atom. The lowest BCUT2D eigenvalue weighted by molar-refractivity contribution is -0.173. The van der Waals surface area contributed by atoms with Gasteiger partial charge in [-0.05, 0) is 13.3 Å². The highest BCUT2D eigenvalue weighted by molar-refractivity contribution is 5.78. The molecule has 0 radical (unpaired) electrons. The minimum absolute atomic E-state index is 0.0731. The number of benzene rings is 1. The van der Waals surface area contributed by atoms with Gasteiger partial charge in [-0.3, -0.25) is 4.79 Å². The lowest BCUT2D eigenvalue weighted by Gasteiger charge is -2.27. The van der Waals surface area contributed by atoms with Crippen LogP contribution in [0.25, 0.3) is 0 Å². The van der Waals surface area contributed by atoms with E-state index in [2.05, 4.69) is 6.07 Å². The summed E-state index contributed by atoms with van der Waals surface area (Å²) in [5.41, 5.74) is 0.959. The molecule has 4 heteroatoms. The lowest BCUT2D eigenvalue weighted by atomic mass is 9.96. The van der Waals surface area contributed by atoms with Crippen molar-refractivity contribution in [2.75, 3.05) is 13.2 Å². The Bertz CT molecular complexity index is 501. The minimum atomic E-state index is -0.780. The van der Waals surface area contributed by atoms with Gasteiger partial charge in [0.25, 0.3) is 0 Å². The maximum Gasteiger partial charge on any atom is 0.195 e. The molecule has 0 aliphatic carbocycles. The number of rotatable bonds is 7. The summed E-state index contributed by atoms with van der Waals surface area (Å²) in [4.78, 5) is 12.0. The molecule has 1 unspecified atom stereocenters. The molecule has 1 aliphatic rings. The molecule has 0 amide bonds. The third-order valence-electron chi connectivity index (χ3n) is 3.78. The summed E-state index contributed by atoms with van der Waals surface area (Å²) in [5.74, 6) is -0.694. The second-order valence-corrected chi connectivity index (χ2v) is 5.42. The van der Waals surface area contributed by atoms with Gasteiger partial charge in [-0.1, -0.05) is 30.3 Å². The molecular formula is C17H21NO3. The number of ketones is 1. The van der Waals surface area contributed by atoms with Crippen molar-refractivity contribution in [1.82, 2.24) is 0 Å². The number of hydrogen-bond acceptors (Lipinski definition) is 4. The third-order valence-corrected chi connectivity index (χ3v) is 3.78. The summed E-state index contributed by atoms with van der Waals surface area (Å²) < 4.78 is 11.6. The summed E-state index contributed by atoms with van der Waals surface area (Å²) >= 11 is 0. The van der Waals surface area contributed by atoms with E-state index in [4.69, 9.17) is 14.7 Å². The number of ether oxygens (including phenoxy) is 2. The van der Waals surface area contributed by atoms with E-state index >= 15 is 0 Å². The Kier molecular flexibility index (Phi) is 5.49. The molecule has 1 saturated heterocycles. The maximum atomic E-state index is 12.0. The van der Waals surface area contributed by atoms with Crippen LogP contribution in [-0.4, -0.2) is 19.0 Å². The van der Waals surface area contributed by atoms with E-state index in [0.29, 0.717) is 38.9 Å². The summed E-state index contributed by atoms with van der Waals surface area (Å²) in [6, 6.07) is 11.9. The van der Waals surface area contributed by atoms with Crippen LogP contribution in [0.2, 0.25) is 0 Å². The van der Waals surface area contributed by atoms with Gasteiger partial charge < -0.3 is 9.47 Å². The largest absolute Gasteiger partial charge is 0.343 e. The van der Waals surface area contributed by atoms with Crippen molar-refractivity contribution < 1.29 is 14.3 Å². The number of carbonyl (C=O) groups is 1. The van der Waals surface area contributed by atoms with Crippen molar-refractivity contribution in [3.05, 3.63) is 35.9 Å². The van der Waals surface area contributed by atoms with Crippen LogP contribution < -0.4 is 0 Å². The summed E-state index contributed by atoms with van der Waals surface area (Å²) in [5, 5.41) is 8.74. The second kappa shape index (κ2) is 7.35. The van der Waals surface area contributed by atoms with Gasteiger partial charge in [0.15, 0.2) is 5.79 Å². The standard InChI is InChI=1S/C17H21NO3/c1-14(13-18)7-8-16(19)9-10-17(20-11-12-21-17)15-5-3-2-4-6-15/h2-6,14H,7-12H2,1H3. The molecule has 1 aromatic rings. The van der Waals surface area contributed by atoms with Crippen molar-refractivity contribution >= 4 is 5.78 Å². The number of hydrogen-bond donors (Lipinski definition) is 0. The van der Waals surface area contributed by atoms with Crippen LogP contribution >= 0.6 is 0 Å². The van der Waals surface area contributed by atoms with E-state index in [1.165, 1.54) is 0 Å². The molecule has 0 aromatic heterocycles. The second-order valence-electron chi connectivity index (χ2n) is 5.42. The van der Waals surface area contributed by atoms with Crippen molar-refractivity contribution in [1.29, 1.82) is 5.26 Å². The normalized spacial score (nSPS) is 18.1. The average molecular weight is 287 g/mol. The molecule has 0 spiro atoms. The molecule has 0 bridgehead atoms. The van der Waals surface area contributed by atoms with Gasteiger partial charge in [0.2, 0.25) is 0 Å². The molecular weight excluding hydrogens is 266 g/mol. The summed E-state index contributed by atoms with van der Waals surface area (Å²) in [7, 11) is 0. The van der Waals surface area contributed by atoms with Crippen LogP contribution in [0.1, 0.15) is 38.2 Å². The Hall–Kier alpha value is -1.70. The predicted molar refractivity (Wildman–Crippen MR) is 78.3 cm³/mol.